The number of hydrogen-bond acceptors (Lipinski definition) is 7. The number of thioether (sulfide) groups is 1. The van der Waals surface area contributed by atoms with E-state index < -0.39 is 10.0 Å². The number of nitrogens with zero attached hydrogens (tertiary/aromatic N) is 2. The molecule has 0 aliphatic rings. The van der Waals surface area contributed by atoms with E-state index in [0.29, 0.717) is 23.6 Å². The number of ether oxygens (including phenoxy) is 1. The first-order valence-electron chi connectivity index (χ1n) is 9.34. The smallest absolute Gasteiger partial charge is 0.264 e. The molecular weight excluding hydrogens is 436 g/mol. The highest BCUT2D eigenvalue weighted by Crippen LogP contribution is 2.24. The second kappa shape index (κ2) is 10.4. The molecule has 0 aliphatic carbocycles. The van der Waals surface area contributed by atoms with Crippen LogP contribution >= 0.6 is 11.8 Å². The van der Waals surface area contributed by atoms with Crippen LogP contribution in [0.15, 0.2) is 70.6 Å². The number of carbonyl (C=O) groups is 1. The van der Waals surface area contributed by atoms with Gasteiger partial charge in [0.05, 0.1) is 17.1 Å². The molecule has 0 aliphatic heterocycles. The minimum Gasteiger partial charge on any atom is -0.384 e. The summed E-state index contributed by atoms with van der Waals surface area (Å²) in [6.07, 6.45) is 1.48. The van der Waals surface area contributed by atoms with Crippen LogP contribution in [0.25, 0.3) is 0 Å². The summed E-state index contributed by atoms with van der Waals surface area (Å²) in [5.74, 6) is 0.452. The summed E-state index contributed by atoms with van der Waals surface area (Å²) >= 11 is 1.53. The number of nitrogens with one attached hydrogen (secondary N) is 2. The largest absolute Gasteiger partial charge is 0.384 e. The van der Waals surface area contributed by atoms with Gasteiger partial charge in [-0.25, -0.2) is 23.1 Å². The maximum atomic E-state index is 12.7. The molecule has 0 radical (unpaired) electrons. The van der Waals surface area contributed by atoms with Crippen LogP contribution in [0.1, 0.15) is 16.1 Å². The minimum atomic E-state index is -3.85. The van der Waals surface area contributed by atoms with Gasteiger partial charge in [-0.15, -0.1) is 11.8 Å². The zero-order valence-electron chi connectivity index (χ0n) is 17.0. The quantitative estimate of drug-likeness (QED) is 0.372. The fourth-order valence-electron chi connectivity index (χ4n) is 2.61. The summed E-state index contributed by atoms with van der Waals surface area (Å²) < 4.78 is 32.5. The molecule has 0 spiro atoms. The van der Waals surface area contributed by atoms with Gasteiger partial charge in [-0.3, -0.25) is 4.79 Å². The van der Waals surface area contributed by atoms with Crippen molar-refractivity contribution in [1.82, 2.24) is 9.97 Å². The van der Waals surface area contributed by atoms with Crippen molar-refractivity contribution in [1.29, 1.82) is 0 Å². The lowest BCUT2D eigenvalue weighted by Crippen LogP contribution is -2.16. The van der Waals surface area contributed by atoms with Gasteiger partial charge in [-0.05, 0) is 49.4 Å². The van der Waals surface area contributed by atoms with Crippen LogP contribution in [0.5, 0.6) is 0 Å². The number of aryl methyl sites for hydroxylation is 1. The van der Waals surface area contributed by atoms with Crippen molar-refractivity contribution in [2.24, 2.45) is 0 Å². The molecule has 0 fully saturated rings. The number of hydrogen-bond donors (Lipinski definition) is 2. The van der Waals surface area contributed by atoms with E-state index in [1.165, 1.54) is 42.2 Å². The molecule has 3 aromatic rings. The monoisotopic (exact) mass is 458 g/mol. The molecule has 162 valence electrons. The standard InChI is InChI=1S/C21H22N4O4S2/c1-15-11-12-22-21(23-15)25-31(27,28)17-9-7-16(8-10-17)24-20(26)18-5-3-4-6-19(18)30-14-13-29-2/h3-12H,13-14H2,1-2H3,(H,24,26)(H,22,23,25). The van der Waals surface area contributed by atoms with Crippen molar-refractivity contribution in [3.05, 3.63) is 72.1 Å². The number of methoxy groups -OCH3 is 1. The normalized spacial score (nSPS) is 11.2. The molecule has 0 saturated carbocycles. The van der Waals surface area contributed by atoms with Crippen molar-refractivity contribution in [2.45, 2.75) is 16.7 Å². The Bertz CT molecular complexity index is 1150. The van der Waals surface area contributed by atoms with Gasteiger partial charge in [-0.2, -0.15) is 0 Å². The Labute approximate surface area is 185 Å². The van der Waals surface area contributed by atoms with E-state index in [0.717, 1.165) is 10.6 Å². The molecule has 3 rings (SSSR count). The summed E-state index contributed by atoms with van der Waals surface area (Å²) in [6, 6.07) is 14.8. The highest BCUT2D eigenvalue weighted by atomic mass is 32.2. The number of sulfonamides is 1. The fourth-order valence-corrected chi connectivity index (χ4v) is 4.52. The van der Waals surface area contributed by atoms with Gasteiger partial charge < -0.3 is 10.1 Å². The maximum absolute atomic E-state index is 12.7. The Kier molecular flexibility index (Phi) is 7.61. The van der Waals surface area contributed by atoms with E-state index in [4.69, 9.17) is 4.74 Å². The lowest BCUT2D eigenvalue weighted by molar-refractivity contribution is 0.102. The Morgan fingerprint density at radius 2 is 1.84 bits per heavy atom. The van der Waals surface area contributed by atoms with Gasteiger partial charge in [0.1, 0.15) is 0 Å². The van der Waals surface area contributed by atoms with Crippen molar-refractivity contribution < 1.29 is 17.9 Å². The van der Waals surface area contributed by atoms with E-state index >= 15 is 0 Å². The van der Waals surface area contributed by atoms with Crippen LogP contribution in [0.4, 0.5) is 11.6 Å². The number of benzene rings is 2. The Hall–Kier alpha value is -2.95. The molecule has 0 saturated heterocycles. The highest BCUT2D eigenvalue weighted by molar-refractivity contribution is 7.99. The molecule has 0 bridgehead atoms. The average Bonchev–Trinajstić information content (AvgIpc) is 2.74. The number of rotatable bonds is 9. The predicted octanol–water partition coefficient (Wildman–Crippen LogP) is 3.58. The molecule has 2 aromatic carbocycles. The first-order valence-corrected chi connectivity index (χ1v) is 11.8. The zero-order valence-corrected chi connectivity index (χ0v) is 18.7. The van der Waals surface area contributed by atoms with Crippen LogP contribution in [0.3, 0.4) is 0 Å². The van der Waals surface area contributed by atoms with Gasteiger partial charge in [0, 0.05) is 35.3 Å². The molecular formula is C21H22N4O4S2. The predicted molar refractivity (Wildman–Crippen MR) is 121 cm³/mol. The number of amides is 1. The topological polar surface area (TPSA) is 110 Å². The van der Waals surface area contributed by atoms with Crippen molar-refractivity contribution in [3.8, 4) is 0 Å². The zero-order chi connectivity index (χ0) is 22.3. The molecule has 1 amide bonds. The number of carbonyl (C=O) groups excluding carboxylic acids is 1. The van der Waals surface area contributed by atoms with E-state index in [1.807, 2.05) is 12.1 Å². The highest BCUT2D eigenvalue weighted by Gasteiger charge is 2.17. The van der Waals surface area contributed by atoms with Crippen molar-refractivity contribution >= 4 is 39.3 Å². The van der Waals surface area contributed by atoms with Crippen LogP contribution in [-0.4, -0.2) is 43.8 Å². The van der Waals surface area contributed by atoms with E-state index in [1.54, 1.807) is 32.2 Å². The Morgan fingerprint density at radius 3 is 2.55 bits per heavy atom. The molecule has 1 aromatic heterocycles. The third-order valence-electron chi connectivity index (χ3n) is 4.12. The number of anilines is 2. The van der Waals surface area contributed by atoms with Gasteiger partial charge in [-0.1, -0.05) is 12.1 Å². The summed E-state index contributed by atoms with van der Waals surface area (Å²) in [5, 5.41) is 2.80. The third-order valence-corrected chi connectivity index (χ3v) is 6.50. The molecule has 0 atom stereocenters. The third kappa shape index (κ3) is 6.27. The lowest BCUT2D eigenvalue weighted by Gasteiger charge is -2.11. The molecule has 31 heavy (non-hydrogen) atoms. The van der Waals surface area contributed by atoms with Crippen LogP contribution < -0.4 is 10.0 Å². The first-order chi connectivity index (χ1) is 14.9. The summed E-state index contributed by atoms with van der Waals surface area (Å²) in [4.78, 5) is 21.5. The van der Waals surface area contributed by atoms with Crippen LogP contribution in [0, 0.1) is 6.92 Å². The average molecular weight is 459 g/mol. The molecule has 0 unspecified atom stereocenters. The summed E-state index contributed by atoms with van der Waals surface area (Å²) in [6.45, 7) is 2.32. The summed E-state index contributed by atoms with van der Waals surface area (Å²) in [5.41, 5.74) is 1.66. The second-order valence-corrected chi connectivity index (χ2v) is 9.26. The van der Waals surface area contributed by atoms with E-state index in [2.05, 4.69) is 20.0 Å². The lowest BCUT2D eigenvalue weighted by atomic mass is 10.2. The van der Waals surface area contributed by atoms with Gasteiger partial charge in [0.25, 0.3) is 15.9 Å². The van der Waals surface area contributed by atoms with Gasteiger partial charge in [0.15, 0.2) is 0 Å². The Morgan fingerprint density at radius 1 is 1.10 bits per heavy atom. The molecule has 10 heteroatoms. The maximum Gasteiger partial charge on any atom is 0.264 e. The van der Waals surface area contributed by atoms with E-state index in [-0.39, 0.29) is 16.8 Å². The molecule has 2 N–H and O–H groups in total. The molecule has 1 heterocycles. The van der Waals surface area contributed by atoms with Crippen molar-refractivity contribution in [3.63, 3.8) is 0 Å². The Balaban J connectivity index is 1.70. The van der Waals surface area contributed by atoms with Crippen molar-refractivity contribution in [2.75, 3.05) is 29.5 Å². The van der Waals surface area contributed by atoms with E-state index in [9.17, 15) is 13.2 Å². The fraction of sp³-hybridized carbons (Fsp3) is 0.190. The SMILES string of the molecule is COCCSc1ccccc1C(=O)Nc1ccc(S(=O)(=O)Nc2nccc(C)n2)cc1. The molecule has 8 nitrogen and oxygen atoms in total. The van der Waals surface area contributed by atoms with Gasteiger partial charge >= 0.3 is 0 Å². The summed E-state index contributed by atoms with van der Waals surface area (Å²) in [7, 11) is -2.22. The van der Waals surface area contributed by atoms with Crippen LogP contribution in [-0.2, 0) is 14.8 Å². The first kappa shape index (κ1) is 22.7. The van der Waals surface area contributed by atoms with Gasteiger partial charge in [0.2, 0.25) is 5.95 Å². The number of aromatic nitrogens is 2. The minimum absolute atomic E-state index is 0.0000377. The van der Waals surface area contributed by atoms with Crippen LogP contribution in [0.2, 0.25) is 0 Å². The second-order valence-electron chi connectivity index (χ2n) is 6.44.